The average Bonchev–Trinajstić information content (AvgIpc) is 2.40. The Hall–Kier alpha value is -3.84. The molecule has 0 bridgehead atoms. The molecule has 2 aromatic rings. The van der Waals surface area contributed by atoms with Crippen LogP contribution in [0.3, 0.4) is 0 Å². The number of rotatable bonds is 0. The molecule has 0 atom stereocenters. The van der Waals surface area contributed by atoms with Crippen molar-refractivity contribution in [2.75, 3.05) is 34.4 Å². The zero-order valence-corrected chi connectivity index (χ0v) is 11.4. The summed E-state index contributed by atoms with van der Waals surface area (Å²) in [5, 5.41) is 0. The van der Waals surface area contributed by atoms with Crippen LogP contribution in [0.5, 0.6) is 0 Å². The zero-order valence-electron chi connectivity index (χ0n) is 11.4. The molecule has 14 nitrogen and oxygen atoms in total. The van der Waals surface area contributed by atoms with E-state index in [4.69, 9.17) is 44.0 Å². The molecule has 2 aromatic heterocycles. The van der Waals surface area contributed by atoms with Gasteiger partial charge < -0.3 is 44.0 Å². The molecule has 120 valence electrons. The second-order valence-corrected chi connectivity index (χ2v) is 2.82. The number of hydrogen-bond acceptors (Lipinski definition) is 14. The maximum atomic E-state index is 8.00. The van der Waals surface area contributed by atoms with Crippen LogP contribution in [0.4, 0.5) is 35.7 Å². The van der Waals surface area contributed by atoms with E-state index in [0.717, 1.165) is 0 Å². The number of anilines is 6. The Bertz CT molecular complexity index is 427. The molecule has 0 spiro atoms. The van der Waals surface area contributed by atoms with Crippen LogP contribution in [-0.2, 0) is 9.59 Å². The largest absolute Gasteiger partial charge is 0.368 e. The molecule has 22 heavy (non-hydrogen) atoms. The van der Waals surface area contributed by atoms with E-state index in [1.165, 1.54) is 0 Å². The minimum atomic E-state index is 0.0417. The molecule has 2 rings (SSSR count). The van der Waals surface area contributed by atoms with E-state index in [1.807, 2.05) is 13.6 Å². The van der Waals surface area contributed by atoms with Crippen LogP contribution in [0.15, 0.2) is 0 Å². The maximum absolute atomic E-state index is 8.00. The fraction of sp³-hybridized carbons (Fsp3) is 0. The Morgan fingerprint density at radius 2 is 0.500 bits per heavy atom. The Labute approximate surface area is 124 Å². The van der Waals surface area contributed by atoms with Crippen molar-refractivity contribution in [2.45, 2.75) is 0 Å². The van der Waals surface area contributed by atoms with Crippen molar-refractivity contribution in [3.05, 3.63) is 0 Å². The lowest BCUT2D eigenvalue weighted by Gasteiger charge is -1.93. The molecular formula is C8H16N12O2. The number of carbonyl (C=O) groups is 2. The van der Waals surface area contributed by atoms with Gasteiger partial charge in [-0.3, -0.25) is 0 Å². The Morgan fingerprint density at radius 1 is 0.409 bits per heavy atom. The summed E-state index contributed by atoms with van der Waals surface area (Å²) in [5.41, 5.74) is 30.8. The SMILES string of the molecule is C=O.C=O.Nc1nc(N)nc(N)n1.Nc1nc(N)nc(N)n1. The molecular weight excluding hydrogens is 296 g/mol. The lowest BCUT2D eigenvalue weighted by Crippen LogP contribution is -2.05. The van der Waals surface area contributed by atoms with Crippen molar-refractivity contribution in [1.29, 1.82) is 0 Å². The molecule has 0 aliphatic carbocycles. The number of nitrogens with two attached hydrogens (primary N) is 6. The van der Waals surface area contributed by atoms with Gasteiger partial charge in [0.25, 0.3) is 0 Å². The third-order valence-corrected chi connectivity index (χ3v) is 1.37. The van der Waals surface area contributed by atoms with E-state index in [-0.39, 0.29) is 35.7 Å². The van der Waals surface area contributed by atoms with Gasteiger partial charge in [-0.25, -0.2) is 0 Å². The third kappa shape index (κ3) is 9.14. The van der Waals surface area contributed by atoms with E-state index in [1.54, 1.807) is 0 Å². The number of aromatic nitrogens is 6. The van der Waals surface area contributed by atoms with Gasteiger partial charge >= 0.3 is 0 Å². The third-order valence-electron chi connectivity index (χ3n) is 1.37. The fourth-order valence-corrected chi connectivity index (χ4v) is 0.854. The summed E-state index contributed by atoms with van der Waals surface area (Å²) in [6.07, 6.45) is 0. The molecule has 0 unspecified atom stereocenters. The van der Waals surface area contributed by atoms with Crippen LogP contribution in [0.1, 0.15) is 0 Å². The first kappa shape index (κ1) is 20.5. The number of nitrogen functional groups attached to an aromatic ring is 6. The number of nitrogens with zero attached hydrogens (tertiary/aromatic N) is 6. The molecule has 2 heterocycles. The average molecular weight is 312 g/mol. The quantitative estimate of drug-likeness (QED) is 0.280. The van der Waals surface area contributed by atoms with Crippen molar-refractivity contribution in [2.24, 2.45) is 0 Å². The Kier molecular flexibility index (Phi) is 10.3. The Morgan fingerprint density at radius 3 is 0.591 bits per heavy atom. The molecule has 0 aliphatic rings. The van der Waals surface area contributed by atoms with Crippen LogP contribution in [0.25, 0.3) is 0 Å². The molecule has 0 aliphatic heterocycles. The van der Waals surface area contributed by atoms with Crippen molar-refractivity contribution in [1.82, 2.24) is 29.9 Å². The van der Waals surface area contributed by atoms with Gasteiger partial charge in [-0.1, -0.05) is 0 Å². The number of carbonyl (C=O) groups excluding carboxylic acids is 2. The highest BCUT2D eigenvalue weighted by atomic mass is 16.1. The van der Waals surface area contributed by atoms with Crippen LogP contribution < -0.4 is 34.4 Å². The highest BCUT2D eigenvalue weighted by Gasteiger charge is 1.94. The minimum Gasteiger partial charge on any atom is -0.368 e. The fourth-order valence-electron chi connectivity index (χ4n) is 0.854. The van der Waals surface area contributed by atoms with Gasteiger partial charge in [-0.05, 0) is 0 Å². The topological polar surface area (TPSA) is 268 Å². The molecule has 0 saturated carbocycles. The summed E-state index contributed by atoms with van der Waals surface area (Å²) in [7, 11) is 0. The summed E-state index contributed by atoms with van der Waals surface area (Å²) in [5.74, 6) is 0.250. The highest BCUT2D eigenvalue weighted by molar-refractivity contribution is 5.34. The Balaban J connectivity index is 0. The van der Waals surface area contributed by atoms with Gasteiger partial charge in [-0.2, -0.15) is 29.9 Å². The van der Waals surface area contributed by atoms with Gasteiger partial charge in [-0.15, -0.1) is 0 Å². The van der Waals surface area contributed by atoms with Crippen molar-refractivity contribution >= 4 is 49.3 Å². The second kappa shape index (κ2) is 11.0. The summed E-state index contributed by atoms with van der Waals surface area (Å²) in [6.45, 7) is 4.00. The first-order valence-electron chi connectivity index (χ1n) is 4.99. The van der Waals surface area contributed by atoms with Crippen molar-refractivity contribution < 1.29 is 9.59 Å². The zero-order chi connectivity index (χ0) is 17.7. The molecule has 0 fully saturated rings. The predicted molar refractivity (Wildman–Crippen MR) is 80.4 cm³/mol. The van der Waals surface area contributed by atoms with Gasteiger partial charge in [0.15, 0.2) is 0 Å². The standard InChI is InChI=1S/2C3H6N6.2CH2O/c2*4-1-7-2(5)9-3(6)8-1;2*1-2/h2*(H6,4,5,6,7,8,9);2*1H2. The van der Waals surface area contributed by atoms with Gasteiger partial charge in [0, 0.05) is 0 Å². The van der Waals surface area contributed by atoms with E-state index >= 15 is 0 Å². The minimum absolute atomic E-state index is 0.0417. The molecule has 0 aromatic carbocycles. The van der Waals surface area contributed by atoms with E-state index in [9.17, 15) is 0 Å². The lowest BCUT2D eigenvalue weighted by molar-refractivity contribution is -0.0987. The van der Waals surface area contributed by atoms with Crippen molar-refractivity contribution in [3.63, 3.8) is 0 Å². The summed E-state index contributed by atoms with van der Waals surface area (Å²) >= 11 is 0. The molecule has 12 N–H and O–H groups in total. The predicted octanol–water partition coefficient (Wildman–Crippen LogP) is -3.13. The first-order chi connectivity index (χ1) is 10.4. The molecule has 0 radical (unpaired) electrons. The van der Waals surface area contributed by atoms with Crippen LogP contribution in [0, 0.1) is 0 Å². The smallest absolute Gasteiger partial charge is 0.226 e. The highest BCUT2D eigenvalue weighted by Crippen LogP contribution is 1.98. The van der Waals surface area contributed by atoms with Gasteiger partial charge in [0.2, 0.25) is 35.7 Å². The van der Waals surface area contributed by atoms with Gasteiger partial charge in [0.05, 0.1) is 0 Å². The second-order valence-electron chi connectivity index (χ2n) is 2.82. The summed E-state index contributed by atoms with van der Waals surface area (Å²) in [4.78, 5) is 36.9. The molecule has 0 amide bonds. The lowest BCUT2D eigenvalue weighted by atomic mass is 10.9. The van der Waals surface area contributed by atoms with Crippen LogP contribution in [0.2, 0.25) is 0 Å². The molecule has 0 saturated heterocycles. The first-order valence-corrected chi connectivity index (χ1v) is 4.99. The van der Waals surface area contributed by atoms with Crippen LogP contribution in [-0.4, -0.2) is 43.5 Å². The van der Waals surface area contributed by atoms with E-state index < -0.39 is 0 Å². The van der Waals surface area contributed by atoms with Crippen molar-refractivity contribution in [3.8, 4) is 0 Å². The number of hydrogen-bond donors (Lipinski definition) is 6. The van der Waals surface area contributed by atoms with E-state index in [0.29, 0.717) is 0 Å². The van der Waals surface area contributed by atoms with E-state index in [2.05, 4.69) is 29.9 Å². The summed E-state index contributed by atoms with van der Waals surface area (Å²) in [6, 6.07) is 0. The van der Waals surface area contributed by atoms with Crippen LogP contribution >= 0.6 is 0 Å². The monoisotopic (exact) mass is 312 g/mol. The van der Waals surface area contributed by atoms with Gasteiger partial charge in [0.1, 0.15) is 13.6 Å². The summed E-state index contributed by atoms with van der Waals surface area (Å²) < 4.78 is 0. The maximum Gasteiger partial charge on any atom is 0.226 e. The normalized spacial score (nSPS) is 8.00. The molecule has 14 heteroatoms.